The molecule has 1 aliphatic rings. The molecule has 0 aromatic heterocycles. The molecule has 0 saturated carbocycles. The number of rotatable bonds is 3. The average Bonchev–Trinajstić information content (AvgIpc) is 2.68. The molecule has 8 heteroatoms. The molecule has 0 heterocycles. The molecule has 0 radical (unpaired) electrons. The number of ketones is 2. The predicted octanol–water partition coefficient (Wildman–Crippen LogP) is 3.34. The van der Waals surface area contributed by atoms with E-state index in [1.807, 2.05) is 19.1 Å². The molecule has 0 unspecified atom stereocenters. The van der Waals surface area contributed by atoms with E-state index in [9.17, 15) is 22.6 Å². The lowest BCUT2D eigenvalue weighted by Gasteiger charge is -2.24. The van der Waals surface area contributed by atoms with Gasteiger partial charge in [-0.05, 0) is 24.6 Å². The smallest absolute Gasteiger partial charge is 0.296 e. The summed E-state index contributed by atoms with van der Waals surface area (Å²) in [4.78, 5) is 25.7. The second-order valence-corrected chi connectivity index (χ2v) is 8.09. The highest BCUT2D eigenvalue weighted by atomic mass is 32.2. The minimum Gasteiger partial charge on any atom is -0.397 e. The van der Waals surface area contributed by atoms with Crippen molar-refractivity contribution in [3.05, 3.63) is 82.4 Å². The molecule has 3 aromatic rings. The van der Waals surface area contributed by atoms with Gasteiger partial charge in [-0.1, -0.05) is 42.5 Å². The molecular weight excluding hydrogens is 392 g/mol. The van der Waals surface area contributed by atoms with Crippen molar-refractivity contribution in [2.45, 2.75) is 11.8 Å². The fraction of sp³-hybridized carbons (Fsp3) is 0.0476. The van der Waals surface area contributed by atoms with Crippen molar-refractivity contribution in [3.63, 3.8) is 0 Å². The van der Waals surface area contributed by atoms with E-state index in [1.165, 1.54) is 12.1 Å². The number of carbonyl (C=O) groups excluding carboxylic acids is 2. The van der Waals surface area contributed by atoms with E-state index in [-0.39, 0.29) is 27.9 Å². The van der Waals surface area contributed by atoms with Crippen LogP contribution in [-0.2, 0) is 10.1 Å². The lowest BCUT2D eigenvalue weighted by atomic mass is 9.82. The predicted molar refractivity (Wildman–Crippen MR) is 108 cm³/mol. The average molecular weight is 408 g/mol. The molecule has 29 heavy (non-hydrogen) atoms. The highest BCUT2D eigenvalue weighted by molar-refractivity contribution is 7.86. The number of hydrogen-bond acceptors (Lipinski definition) is 6. The molecule has 0 fully saturated rings. The fourth-order valence-electron chi connectivity index (χ4n) is 3.46. The van der Waals surface area contributed by atoms with Crippen molar-refractivity contribution < 1.29 is 22.6 Å². The van der Waals surface area contributed by atoms with Gasteiger partial charge in [0.15, 0.2) is 11.6 Å². The number of anilines is 3. The quantitative estimate of drug-likeness (QED) is 0.350. The minimum absolute atomic E-state index is 0.0261. The summed E-state index contributed by atoms with van der Waals surface area (Å²) >= 11 is 0. The van der Waals surface area contributed by atoms with E-state index in [0.29, 0.717) is 5.69 Å². The standard InChI is InChI=1S/C21H16N2O5S/c1-11-6-2-5-9-14(11)23-15-10-16(29(26,27)28)19(22)18-17(15)20(24)12-7-3-4-8-13(12)21(18)25/h2-10,23H,22H2,1H3,(H,26,27,28). The van der Waals surface area contributed by atoms with Crippen molar-refractivity contribution in [2.24, 2.45) is 0 Å². The number of carbonyl (C=O) groups is 2. The van der Waals surface area contributed by atoms with Crippen LogP contribution >= 0.6 is 0 Å². The molecule has 7 nitrogen and oxygen atoms in total. The normalized spacial score (nSPS) is 13.0. The Morgan fingerprint density at radius 3 is 2.00 bits per heavy atom. The first-order valence-electron chi connectivity index (χ1n) is 8.65. The Bertz CT molecular complexity index is 1310. The second-order valence-electron chi connectivity index (χ2n) is 6.70. The van der Waals surface area contributed by atoms with Crippen molar-refractivity contribution in [1.82, 2.24) is 0 Å². The third kappa shape index (κ3) is 2.98. The van der Waals surface area contributed by atoms with Gasteiger partial charge in [-0.25, -0.2) is 0 Å². The maximum atomic E-state index is 13.2. The van der Waals surface area contributed by atoms with Crippen molar-refractivity contribution in [2.75, 3.05) is 11.1 Å². The van der Waals surface area contributed by atoms with Crippen molar-refractivity contribution in [1.29, 1.82) is 0 Å². The second kappa shape index (κ2) is 6.54. The number of nitrogens with two attached hydrogens (primary N) is 1. The molecule has 0 amide bonds. The SMILES string of the molecule is Cc1ccccc1Nc1cc(S(=O)(=O)O)c(N)c2c1C(=O)c1ccccc1C2=O. The van der Waals surface area contributed by atoms with Gasteiger partial charge >= 0.3 is 0 Å². The van der Waals surface area contributed by atoms with Gasteiger partial charge in [-0.3, -0.25) is 14.1 Å². The first-order chi connectivity index (χ1) is 13.7. The highest BCUT2D eigenvalue weighted by Gasteiger charge is 2.36. The summed E-state index contributed by atoms with van der Waals surface area (Å²) in [6, 6.07) is 14.5. The van der Waals surface area contributed by atoms with Gasteiger partial charge in [0.2, 0.25) is 0 Å². The van der Waals surface area contributed by atoms with Gasteiger partial charge in [-0.15, -0.1) is 0 Å². The maximum Gasteiger partial charge on any atom is 0.296 e. The van der Waals surface area contributed by atoms with Crippen LogP contribution in [0, 0.1) is 6.92 Å². The van der Waals surface area contributed by atoms with E-state index in [0.717, 1.165) is 11.6 Å². The van der Waals surface area contributed by atoms with Crippen LogP contribution in [-0.4, -0.2) is 24.5 Å². The molecule has 146 valence electrons. The number of hydrogen-bond donors (Lipinski definition) is 3. The number of aryl methyl sites for hydroxylation is 1. The van der Waals surface area contributed by atoms with Gasteiger partial charge in [0.25, 0.3) is 10.1 Å². The number of fused-ring (bicyclic) bond motifs is 2. The summed E-state index contributed by atoms with van der Waals surface area (Å²) in [5.74, 6) is -1.04. The van der Waals surface area contributed by atoms with E-state index >= 15 is 0 Å². The summed E-state index contributed by atoms with van der Waals surface area (Å²) in [7, 11) is -4.74. The Hall–Kier alpha value is -3.49. The Morgan fingerprint density at radius 1 is 0.862 bits per heavy atom. The summed E-state index contributed by atoms with van der Waals surface area (Å²) < 4.78 is 33.4. The van der Waals surface area contributed by atoms with Crippen LogP contribution in [0.2, 0.25) is 0 Å². The minimum atomic E-state index is -4.74. The first-order valence-corrected chi connectivity index (χ1v) is 10.1. The summed E-state index contributed by atoms with van der Waals surface area (Å²) in [6.07, 6.45) is 0. The van der Waals surface area contributed by atoms with E-state index in [2.05, 4.69) is 5.32 Å². The molecule has 0 saturated heterocycles. The maximum absolute atomic E-state index is 13.2. The molecule has 1 aliphatic carbocycles. The fourth-order valence-corrected chi connectivity index (χ4v) is 4.11. The van der Waals surface area contributed by atoms with Gasteiger partial charge in [-0.2, -0.15) is 8.42 Å². The third-order valence-electron chi connectivity index (χ3n) is 4.89. The number of nitrogens with one attached hydrogen (secondary N) is 1. The van der Waals surface area contributed by atoms with Crippen molar-refractivity contribution >= 4 is 38.7 Å². The molecule has 4 N–H and O–H groups in total. The molecule has 0 bridgehead atoms. The van der Waals surface area contributed by atoms with Crippen LogP contribution in [0.5, 0.6) is 0 Å². The van der Waals surface area contributed by atoms with Crippen LogP contribution in [0.1, 0.15) is 37.4 Å². The Balaban J connectivity index is 2.05. The zero-order chi connectivity index (χ0) is 20.9. The number of benzene rings is 3. The molecule has 0 spiro atoms. The summed E-state index contributed by atoms with van der Waals surface area (Å²) in [6.45, 7) is 1.83. The largest absolute Gasteiger partial charge is 0.397 e. The lowest BCUT2D eigenvalue weighted by Crippen LogP contribution is -2.25. The van der Waals surface area contributed by atoms with Gasteiger partial charge in [0.05, 0.1) is 22.5 Å². The Labute approximate surface area is 166 Å². The van der Waals surface area contributed by atoms with E-state index < -0.39 is 32.3 Å². The van der Waals surface area contributed by atoms with Crippen LogP contribution < -0.4 is 11.1 Å². The zero-order valence-electron chi connectivity index (χ0n) is 15.3. The van der Waals surface area contributed by atoms with E-state index in [1.54, 1.807) is 24.3 Å². The third-order valence-corrected chi connectivity index (χ3v) is 5.79. The van der Waals surface area contributed by atoms with Crippen LogP contribution in [0.15, 0.2) is 59.5 Å². The number of para-hydroxylation sites is 1. The molecule has 0 atom stereocenters. The molecular formula is C21H16N2O5S. The topological polar surface area (TPSA) is 127 Å². The Kier molecular flexibility index (Phi) is 4.25. The van der Waals surface area contributed by atoms with Crippen LogP contribution in [0.25, 0.3) is 0 Å². The van der Waals surface area contributed by atoms with Crippen LogP contribution in [0.3, 0.4) is 0 Å². The Morgan fingerprint density at radius 2 is 1.41 bits per heavy atom. The monoisotopic (exact) mass is 408 g/mol. The zero-order valence-corrected chi connectivity index (χ0v) is 16.1. The first kappa shape index (κ1) is 18.9. The van der Waals surface area contributed by atoms with Crippen molar-refractivity contribution in [3.8, 4) is 0 Å². The summed E-state index contributed by atoms with van der Waals surface area (Å²) in [5, 5.41) is 3.02. The lowest BCUT2D eigenvalue weighted by molar-refractivity contribution is 0.0980. The summed E-state index contributed by atoms with van der Waals surface area (Å²) in [5.41, 5.74) is 7.09. The van der Waals surface area contributed by atoms with Gasteiger partial charge < -0.3 is 11.1 Å². The van der Waals surface area contributed by atoms with E-state index in [4.69, 9.17) is 5.73 Å². The molecule has 4 rings (SSSR count). The molecule has 3 aromatic carbocycles. The number of nitrogen functional groups attached to an aromatic ring is 1. The van der Waals surface area contributed by atoms with Gasteiger partial charge in [0.1, 0.15) is 4.90 Å². The molecule has 0 aliphatic heterocycles. The highest BCUT2D eigenvalue weighted by Crippen LogP contribution is 2.40. The van der Waals surface area contributed by atoms with Gasteiger partial charge in [0, 0.05) is 16.8 Å². The van der Waals surface area contributed by atoms with Crippen LogP contribution in [0.4, 0.5) is 17.1 Å².